The first-order valence-electron chi connectivity index (χ1n) is 4.99. The molecule has 0 atom stereocenters. The molecule has 1 rings (SSSR count). The fourth-order valence-corrected chi connectivity index (χ4v) is 1.17. The molecule has 0 saturated heterocycles. The van der Waals surface area contributed by atoms with Crippen LogP contribution in [0.1, 0.15) is 19.8 Å². The molecule has 0 aliphatic rings. The SMILES string of the molecule is CCCC(=O)Oc1cccc(NC(N)=O)c1. The fraction of sp³-hybridized carbons (Fsp3) is 0.273. The number of nitrogens with two attached hydrogens (primary N) is 1. The van der Waals surface area contributed by atoms with Gasteiger partial charge in [-0.1, -0.05) is 13.0 Å². The maximum atomic E-state index is 11.2. The van der Waals surface area contributed by atoms with Gasteiger partial charge in [-0.15, -0.1) is 0 Å². The molecule has 0 bridgehead atoms. The Labute approximate surface area is 93.6 Å². The van der Waals surface area contributed by atoms with Crippen molar-refractivity contribution in [3.63, 3.8) is 0 Å². The number of anilines is 1. The van der Waals surface area contributed by atoms with E-state index in [2.05, 4.69) is 5.32 Å². The molecular weight excluding hydrogens is 208 g/mol. The smallest absolute Gasteiger partial charge is 0.316 e. The minimum atomic E-state index is -0.656. The Bertz CT molecular complexity index is 391. The lowest BCUT2D eigenvalue weighted by atomic mass is 10.3. The summed E-state index contributed by atoms with van der Waals surface area (Å²) in [5.74, 6) is 0.100. The maximum absolute atomic E-state index is 11.2. The van der Waals surface area contributed by atoms with Crippen LogP contribution in [0.2, 0.25) is 0 Å². The molecule has 5 heteroatoms. The number of amides is 2. The molecule has 3 N–H and O–H groups in total. The molecule has 0 radical (unpaired) electrons. The second-order valence-corrected chi connectivity index (χ2v) is 3.24. The van der Waals surface area contributed by atoms with Crippen molar-refractivity contribution < 1.29 is 14.3 Å². The summed E-state index contributed by atoms with van der Waals surface area (Å²) in [4.78, 5) is 21.8. The third kappa shape index (κ3) is 4.00. The summed E-state index contributed by atoms with van der Waals surface area (Å²) in [6, 6.07) is 5.84. The van der Waals surface area contributed by atoms with Gasteiger partial charge in [0.05, 0.1) is 0 Å². The number of primary amides is 1. The van der Waals surface area contributed by atoms with Gasteiger partial charge in [0.2, 0.25) is 0 Å². The van der Waals surface area contributed by atoms with E-state index in [1.807, 2.05) is 6.92 Å². The van der Waals surface area contributed by atoms with Crippen LogP contribution >= 0.6 is 0 Å². The molecule has 0 aromatic heterocycles. The first-order valence-corrected chi connectivity index (χ1v) is 4.99. The van der Waals surface area contributed by atoms with Crippen molar-refractivity contribution in [2.45, 2.75) is 19.8 Å². The highest BCUT2D eigenvalue weighted by molar-refractivity contribution is 5.88. The van der Waals surface area contributed by atoms with Gasteiger partial charge >= 0.3 is 12.0 Å². The molecule has 0 aliphatic carbocycles. The highest BCUT2D eigenvalue weighted by atomic mass is 16.5. The van der Waals surface area contributed by atoms with Gasteiger partial charge in [-0.05, 0) is 18.6 Å². The lowest BCUT2D eigenvalue weighted by molar-refractivity contribution is -0.134. The van der Waals surface area contributed by atoms with Crippen molar-refractivity contribution in [1.82, 2.24) is 0 Å². The Morgan fingerprint density at radius 1 is 1.44 bits per heavy atom. The summed E-state index contributed by atoms with van der Waals surface area (Å²) >= 11 is 0. The highest BCUT2D eigenvalue weighted by Crippen LogP contribution is 2.17. The molecule has 0 aliphatic heterocycles. The highest BCUT2D eigenvalue weighted by Gasteiger charge is 2.04. The fourth-order valence-electron chi connectivity index (χ4n) is 1.17. The van der Waals surface area contributed by atoms with Crippen LogP contribution < -0.4 is 15.8 Å². The van der Waals surface area contributed by atoms with Crippen LogP contribution in [0.15, 0.2) is 24.3 Å². The van der Waals surface area contributed by atoms with Crippen LogP contribution in [0.25, 0.3) is 0 Å². The topological polar surface area (TPSA) is 81.4 Å². The van der Waals surface area contributed by atoms with E-state index in [-0.39, 0.29) is 5.97 Å². The Morgan fingerprint density at radius 2 is 2.19 bits per heavy atom. The summed E-state index contributed by atoms with van der Waals surface area (Å²) in [6.07, 6.45) is 1.10. The van der Waals surface area contributed by atoms with Gasteiger partial charge < -0.3 is 15.8 Å². The predicted molar refractivity (Wildman–Crippen MR) is 60.2 cm³/mol. The number of hydrogen-bond donors (Lipinski definition) is 2. The lowest BCUT2D eigenvalue weighted by Crippen LogP contribution is -2.19. The summed E-state index contributed by atoms with van der Waals surface area (Å²) in [6.45, 7) is 1.90. The maximum Gasteiger partial charge on any atom is 0.316 e. The second-order valence-electron chi connectivity index (χ2n) is 3.24. The minimum Gasteiger partial charge on any atom is -0.426 e. The lowest BCUT2D eigenvalue weighted by Gasteiger charge is -2.06. The molecule has 0 fully saturated rings. The van der Waals surface area contributed by atoms with E-state index in [9.17, 15) is 9.59 Å². The molecular formula is C11H14N2O3. The van der Waals surface area contributed by atoms with E-state index in [1.165, 1.54) is 0 Å². The van der Waals surface area contributed by atoms with Crippen molar-refractivity contribution in [3.8, 4) is 5.75 Å². The number of carbonyl (C=O) groups excluding carboxylic acids is 2. The first kappa shape index (κ1) is 12.0. The van der Waals surface area contributed by atoms with Crippen molar-refractivity contribution >= 4 is 17.7 Å². The van der Waals surface area contributed by atoms with Gasteiger partial charge in [-0.3, -0.25) is 4.79 Å². The van der Waals surface area contributed by atoms with Gasteiger partial charge in [-0.2, -0.15) is 0 Å². The minimum absolute atomic E-state index is 0.293. The Hall–Kier alpha value is -2.04. The molecule has 1 aromatic carbocycles. The second kappa shape index (κ2) is 5.75. The zero-order valence-electron chi connectivity index (χ0n) is 9.03. The third-order valence-electron chi connectivity index (χ3n) is 1.79. The molecule has 2 amide bonds. The molecule has 0 saturated carbocycles. The number of benzene rings is 1. The Morgan fingerprint density at radius 3 is 2.81 bits per heavy atom. The molecule has 0 heterocycles. The van der Waals surface area contributed by atoms with E-state index in [0.29, 0.717) is 17.9 Å². The van der Waals surface area contributed by atoms with Crippen LogP contribution in [0.3, 0.4) is 0 Å². The number of ether oxygens (including phenoxy) is 1. The summed E-state index contributed by atoms with van der Waals surface area (Å²) in [5, 5.41) is 2.40. The molecule has 0 spiro atoms. The molecule has 86 valence electrons. The van der Waals surface area contributed by atoms with Gasteiger partial charge in [0, 0.05) is 18.2 Å². The number of urea groups is 1. The van der Waals surface area contributed by atoms with Crippen LogP contribution in [-0.2, 0) is 4.79 Å². The number of carbonyl (C=O) groups is 2. The van der Waals surface area contributed by atoms with Crippen molar-refractivity contribution in [1.29, 1.82) is 0 Å². The number of esters is 1. The zero-order chi connectivity index (χ0) is 12.0. The molecule has 5 nitrogen and oxygen atoms in total. The standard InChI is InChI=1S/C11H14N2O3/c1-2-4-10(14)16-9-6-3-5-8(7-9)13-11(12)15/h3,5-7H,2,4H2,1H3,(H3,12,13,15). The average molecular weight is 222 g/mol. The molecule has 0 unspecified atom stereocenters. The van der Waals surface area contributed by atoms with E-state index in [4.69, 9.17) is 10.5 Å². The Balaban J connectivity index is 2.67. The van der Waals surface area contributed by atoms with E-state index < -0.39 is 6.03 Å². The molecule has 16 heavy (non-hydrogen) atoms. The van der Waals surface area contributed by atoms with Crippen LogP contribution in [-0.4, -0.2) is 12.0 Å². The normalized spacial score (nSPS) is 9.56. The number of rotatable bonds is 4. The van der Waals surface area contributed by atoms with E-state index in [0.717, 1.165) is 6.42 Å². The Kier molecular flexibility index (Phi) is 4.32. The quantitative estimate of drug-likeness (QED) is 0.602. The number of hydrogen-bond acceptors (Lipinski definition) is 3. The first-order chi connectivity index (χ1) is 7.61. The van der Waals surface area contributed by atoms with Gasteiger partial charge in [0.25, 0.3) is 0 Å². The van der Waals surface area contributed by atoms with Gasteiger partial charge in [-0.25, -0.2) is 4.79 Å². The average Bonchev–Trinajstić information content (AvgIpc) is 2.17. The van der Waals surface area contributed by atoms with E-state index in [1.54, 1.807) is 24.3 Å². The van der Waals surface area contributed by atoms with E-state index >= 15 is 0 Å². The molecule has 1 aromatic rings. The summed E-state index contributed by atoms with van der Waals surface area (Å²) in [7, 11) is 0. The van der Waals surface area contributed by atoms with Crippen molar-refractivity contribution in [2.75, 3.05) is 5.32 Å². The van der Waals surface area contributed by atoms with Crippen LogP contribution in [0.5, 0.6) is 5.75 Å². The third-order valence-corrected chi connectivity index (χ3v) is 1.79. The van der Waals surface area contributed by atoms with Crippen LogP contribution in [0.4, 0.5) is 10.5 Å². The van der Waals surface area contributed by atoms with Gasteiger partial charge in [0.1, 0.15) is 5.75 Å². The zero-order valence-corrected chi connectivity index (χ0v) is 9.03. The van der Waals surface area contributed by atoms with Crippen LogP contribution in [0, 0.1) is 0 Å². The van der Waals surface area contributed by atoms with Crippen molar-refractivity contribution in [3.05, 3.63) is 24.3 Å². The summed E-state index contributed by atoms with van der Waals surface area (Å²) in [5.41, 5.74) is 5.46. The van der Waals surface area contributed by atoms with Gasteiger partial charge in [0.15, 0.2) is 0 Å². The number of nitrogens with one attached hydrogen (secondary N) is 1. The predicted octanol–water partition coefficient (Wildman–Crippen LogP) is 1.88. The summed E-state index contributed by atoms with van der Waals surface area (Å²) < 4.78 is 5.05. The monoisotopic (exact) mass is 222 g/mol. The van der Waals surface area contributed by atoms with Crippen molar-refractivity contribution in [2.24, 2.45) is 5.73 Å². The largest absolute Gasteiger partial charge is 0.426 e.